The van der Waals surface area contributed by atoms with E-state index in [9.17, 15) is 4.79 Å². The summed E-state index contributed by atoms with van der Waals surface area (Å²) in [6, 6.07) is 11.2. The molecule has 1 aromatic carbocycles. The third-order valence-electron chi connectivity index (χ3n) is 4.73. The molecule has 3 heterocycles. The number of amides is 1. The van der Waals surface area contributed by atoms with Crippen LogP contribution in [0.15, 0.2) is 67.4 Å². The minimum Gasteiger partial charge on any atom is -0.397 e. The Morgan fingerprint density at radius 1 is 1.10 bits per heavy atom. The van der Waals surface area contributed by atoms with Crippen molar-refractivity contribution in [1.82, 2.24) is 24.7 Å². The van der Waals surface area contributed by atoms with Gasteiger partial charge in [0.25, 0.3) is 5.91 Å². The molecule has 4 aromatic rings. The lowest BCUT2D eigenvalue weighted by Gasteiger charge is -2.17. The highest BCUT2D eigenvalue weighted by Crippen LogP contribution is 2.27. The Hall–Kier alpha value is -4.27. The molecule has 1 amide bonds. The number of pyridine rings is 1. The molecule has 0 spiro atoms. The fourth-order valence-corrected chi connectivity index (χ4v) is 3.05. The van der Waals surface area contributed by atoms with Crippen LogP contribution in [-0.4, -0.2) is 37.7 Å². The molecule has 31 heavy (non-hydrogen) atoms. The predicted molar refractivity (Wildman–Crippen MR) is 119 cm³/mol. The van der Waals surface area contributed by atoms with Crippen molar-refractivity contribution in [2.45, 2.75) is 6.54 Å². The number of carbonyl (C=O) groups excluding carboxylic acids is 1. The van der Waals surface area contributed by atoms with Gasteiger partial charge in [-0.2, -0.15) is 5.10 Å². The van der Waals surface area contributed by atoms with Crippen LogP contribution in [0.4, 0.5) is 17.2 Å². The van der Waals surface area contributed by atoms with Gasteiger partial charge >= 0.3 is 0 Å². The first-order valence-corrected chi connectivity index (χ1v) is 9.62. The minimum atomic E-state index is -0.388. The second kappa shape index (κ2) is 8.62. The molecule has 0 bridgehead atoms. The summed E-state index contributed by atoms with van der Waals surface area (Å²) in [6.07, 6.45) is 8.40. The number of nitrogen functional groups attached to an aromatic ring is 1. The zero-order chi connectivity index (χ0) is 21.8. The maximum atomic E-state index is 12.7. The lowest BCUT2D eigenvalue weighted by molar-refractivity contribution is 0.102. The number of benzene rings is 1. The average Bonchev–Trinajstić information content (AvgIpc) is 3.22. The first-order valence-electron chi connectivity index (χ1n) is 9.62. The molecule has 3 aromatic heterocycles. The molecule has 0 saturated heterocycles. The monoisotopic (exact) mass is 414 g/mol. The van der Waals surface area contributed by atoms with Gasteiger partial charge in [-0.15, -0.1) is 0 Å². The third-order valence-corrected chi connectivity index (χ3v) is 4.73. The van der Waals surface area contributed by atoms with Gasteiger partial charge < -0.3 is 16.0 Å². The first kappa shape index (κ1) is 20.0. The standard InChI is InChI=1S/C22H22N8O/c1-29(14-17-5-3-4-8-24-17)21-12-25-20(11-26-21)22(31)28-19-9-15(6-7-18(19)23)16-10-27-30(2)13-16/h3-13H,14,23H2,1-2H3,(H,28,31). The van der Waals surface area contributed by atoms with Gasteiger partial charge in [0.15, 0.2) is 0 Å². The maximum Gasteiger partial charge on any atom is 0.275 e. The first-order chi connectivity index (χ1) is 15.0. The molecular formula is C22H22N8O. The van der Waals surface area contributed by atoms with Gasteiger partial charge in [-0.05, 0) is 29.8 Å². The van der Waals surface area contributed by atoms with Crippen LogP contribution in [-0.2, 0) is 13.6 Å². The Bertz CT molecular complexity index is 1190. The molecule has 0 atom stereocenters. The van der Waals surface area contributed by atoms with Gasteiger partial charge in [0.1, 0.15) is 11.5 Å². The smallest absolute Gasteiger partial charge is 0.275 e. The van der Waals surface area contributed by atoms with Crippen LogP contribution >= 0.6 is 0 Å². The molecule has 9 nitrogen and oxygen atoms in total. The van der Waals surface area contributed by atoms with E-state index in [0.717, 1.165) is 16.8 Å². The Labute approximate surface area is 179 Å². The molecule has 0 aliphatic carbocycles. The van der Waals surface area contributed by atoms with E-state index in [1.54, 1.807) is 29.3 Å². The lowest BCUT2D eigenvalue weighted by Crippen LogP contribution is -2.20. The van der Waals surface area contributed by atoms with E-state index in [4.69, 9.17) is 5.73 Å². The van der Waals surface area contributed by atoms with Crippen molar-refractivity contribution >= 4 is 23.1 Å². The zero-order valence-electron chi connectivity index (χ0n) is 17.2. The number of rotatable bonds is 6. The second-order valence-electron chi connectivity index (χ2n) is 7.10. The van der Waals surface area contributed by atoms with Crippen molar-refractivity contribution < 1.29 is 4.79 Å². The number of carbonyl (C=O) groups is 1. The van der Waals surface area contributed by atoms with Gasteiger partial charge in [-0.25, -0.2) is 9.97 Å². The SMILES string of the molecule is CN(Cc1ccccn1)c1cnc(C(=O)Nc2cc(-c3cnn(C)c3)ccc2N)cn1. The molecule has 9 heteroatoms. The summed E-state index contributed by atoms with van der Waals surface area (Å²) in [5.74, 6) is 0.252. The molecule has 3 N–H and O–H groups in total. The topological polar surface area (TPSA) is 115 Å². The van der Waals surface area contributed by atoms with E-state index in [1.807, 2.05) is 55.5 Å². The number of aromatic nitrogens is 5. The van der Waals surface area contributed by atoms with Crippen LogP contribution in [0.5, 0.6) is 0 Å². The number of aryl methyl sites for hydroxylation is 1. The van der Waals surface area contributed by atoms with Crippen molar-refractivity contribution in [3.05, 3.63) is 78.8 Å². The quantitative estimate of drug-likeness (QED) is 0.466. The van der Waals surface area contributed by atoms with Crippen molar-refractivity contribution in [3.63, 3.8) is 0 Å². The lowest BCUT2D eigenvalue weighted by atomic mass is 10.1. The summed E-state index contributed by atoms with van der Waals surface area (Å²) in [5, 5.41) is 6.99. The Kier molecular flexibility index (Phi) is 5.57. The number of nitrogens with one attached hydrogen (secondary N) is 1. The largest absolute Gasteiger partial charge is 0.397 e. The van der Waals surface area contributed by atoms with Crippen LogP contribution in [0.2, 0.25) is 0 Å². The summed E-state index contributed by atoms with van der Waals surface area (Å²) >= 11 is 0. The van der Waals surface area contributed by atoms with Crippen molar-refractivity contribution in [3.8, 4) is 11.1 Å². The van der Waals surface area contributed by atoms with Gasteiger partial charge in [0, 0.05) is 32.1 Å². The fraction of sp³-hybridized carbons (Fsp3) is 0.136. The van der Waals surface area contributed by atoms with E-state index in [2.05, 4.69) is 25.4 Å². The normalized spacial score (nSPS) is 10.6. The summed E-state index contributed by atoms with van der Waals surface area (Å²) in [7, 11) is 3.74. The molecule has 156 valence electrons. The molecule has 0 fully saturated rings. The van der Waals surface area contributed by atoms with Gasteiger partial charge in [0.2, 0.25) is 0 Å². The number of nitrogens with zero attached hydrogens (tertiary/aromatic N) is 6. The van der Waals surface area contributed by atoms with Crippen LogP contribution < -0.4 is 16.0 Å². The number of nitrogens with two attached hydrogens (primary N) is 1. The van der Waals surface area contributed by atoms with Gasteiger partial charge in [-0.3, -0.25) is 14.5 Å². The van der Waals surface area contributed by atoms with Crippen LogP contribution in [0, 0.1) is 0 Å². The summed E-state index contributed by atoms with van der Waals surface area (Å²) in [6.45, 7) is 0.582. The Balaban J connectivity index is 1.46. The van der Waals surface area contributed by atoms with Crippen molar-refractivity contribution in [2.24, 2.45) is 7.05 Å². The molecule has 0 aliphatic heterocycles. The minimum absolute atomic E-state index is 0.196. The Morgan fingerprint density at radius 3 is 2.65 bits per heavy atom. The Morgan fingerprint density at radius 2 is 1.97 bits per heavy atom. The highest BCUT2D eigenvalue weighted by Gasteiger charge is 2.13. The zero-order valence-corrected chi connectivity index (χ0v) is 17.2. The van der Waals surface area contributed by atoms with Crippen LogP contribution in [0.1, 0.15) is 16.2 Å². The van der Waals surface area contributed by atoms with E-state index < -0.39 is 0 Å². The molecule has 4 rings (SSSR count). The second-order valence-corrected chi connectivity index (χ2v) is 7.10. The van der Waals surface area contributed by atoms with Crippen LogP contribution in [0.25, 0.3) is 11.1 Å². The molecule has 0 saturated carbocycles. The van der Waals surface area contributed by atoms with E-state index in [-0.39, 0.29) is 11.6 Å². The van der Waals surface area contributed by atoms with Crippen LogP contribution in [0.3, 0.4) is 0 Å². The highest BCUT2D eigenvalue weighted by atomic mass is 16.1. The number of hydrogen-bond acceptors (Lipinski definition) is 7. The highest BCUT2D eigenvalue weighted by molar-refractivity contribution is 6.04. The molecule has 0 aliphatic rings. The average molecular weight is 414 g/mol. The fourth-order valence-electron chi connectivity index (χ4n) is 3.05. The van der Waals surface area contributed by atoms with Crippen molar-refractivity contribution in [1.29, 1.82) is 0 Å². The number of hydrogen-bond donors (Lipinski definition) is 2. The molecule has 0 radical (unpaired) electrons. The van der Waals surface area contributed by atoms with E-state index in [0.29, 0.717) is 23.7 Å². The summed E-state index contributed by atoms with van der Waals surface area (Å²) in [5.41, 5.74) is 9.95. The van der Waals surface area contributed by atoms with Gasteiger partial charge in [-0.1, -0.05) is 12.1 Å². The van der Waals surface area contributed by atoms with Gasteiger partial charge in [0.05, 0.1) is 42.2 Å². The van der Waals surface area contributed by atoms with E-state index >= 15 is 0 Å². The van der Waals surface area contributed by atoms with Crippen molar-refractivity contribution in [2.75, 3.05) is 23.0 Å². The predicted octanol–water partition coefficient (Wildman–Crippen LogP) is 2.74. The van der Waals surface area contributed by atoms with E-state index in [1.165, 1.54) is 6.20 Å². The third kappa shape index (κ3) is 4.67. The molecular weight excluding hydrogens is 392 g/mol. The summed E-state index contributed by atoms with van der Waals surface area (Å²) in [4.78, 5) is 27.5. The number of anilines is 3. The maximum absolute atomic E-state index is 12.7. The summed E-state index contributed by atoms with van der Waals surface area (Å²) < 4.78 is 1.71. The molecule has 0 unspecified atom stereocenters.